The second kappa shape index (κ2) is 7.93. The van der Waals surface area contributed by atoms with E-state index in [4.69, 9.17) is 9.47 Å². The number of ether oxygens (including phenoxy) is 2. The molecule has 0 aliphatic carbocycles. The van der Waals surface area contributed by atoms with Crippen LogP contribution >= 0.6 is 0 Å². The van der Waals surface area contributed by atoms with Gasteiger partial charge in [-0.15, -0.1) is 0 Å². The SMILES string of the molecule is COc1ccc(/C=C/C(=O)CCC[N+](=O)[O-])c(OC)c1. The Labute approximate surface area is 117 Å². The predicted octanol–water partition coefficient (Wildman–Crippen LogP) is 2.34. The van der Waals surface area contributed by atoms with Crippen molar-refractivity contribution in [2.45, 2.75) is 12.8 Å². The van der Waals surface area contributed by atoms with E-state index in [-0.39, 0.29) is 25.2 Å². The van der Waals surface area contributed by atoms with Gasteiger partial charge in [-0.25, -0.2) is 0 Å². The Morgan fingerprint density at radius 2 is 2.10 bits per heavy atom. The summed E-state index contributed by atoms with van der Waals surface area (Å²) in [6.45, 7) is -0.189. The third-order valence-electron chi connectivity index (χ3n) is 2.65. The lowest BCUT2D eigenvalue weighted by molar-refractivity contribution is -0.480. The van der Waals surface area contributed by atoms with Crippen molar-refractivity contribution in [3.05, 3.63) is 40.0 Å². The molecule has 0 aliphatic rings. The summed E-state index contributed by atoms with van der Waals surface area (Å²) in [5.41, 5.74) is 0.746. The van der Waals surface area contributed by atoms with Gasteiger partial charge in [0.05, 0.1) is 14.2 Å². The van der Waals surface area contributed by atoms with Crippen LogP contribution in [-0.2, 0) is 4.79 Å². The van der Waals surface area contributed by atoms with Crippen LogP contribution in [0.3, 0.4) is 0 Å². The highest BCUT2D eigenvalue weighted by Crippen LogP contribution is 2.25. The van der Waals surface area contributed by atoms with Crippen molar-refractivity contribution in [3.63, 3.8) is 0 Å². The number of allylic oxidation sites excluding steroid dienone is 1. The third kappa shape index (κ3) is 5.09. The van der Waals surface area contributed by atoms with Gasteiger partial charge in [0.2, 0.25) is 6.54 Å². The Balaban J connectivity index is 2.65. The number of nitro groups is 1. The third-order valence-corrected chi connectivity index (χ3v) is 2.65. The highest BCUT2D eigenvalue weighted by Gasteiger charge is 2.04. The van der Waals surface area contributed by atoms with Crippen LogP contribution < -0.4 is 9.47 Å². The van der Waals surface area contributed by atoms with Gasteiger partial charge < -0.3 is 9.47 Å². The Morgan fingerprint density at radius 1 is 1.35 bits per heavy atom. The summed E-state index contributed by atoms with van der Waals surface area (Å²) in [6, 6.07) is 5.26. The van der Waals surface area contributed by atoms with Crippen molar-refractivity contribution < 1.29 is 19.2 Å². The first-order valence-electron chi connectivity index (χ1n) is 6.11. The van der Waals surface area contributed by atoms with Crippen LogP contribution in [0, 0.1) is 10.1 Å². The minimum atomic E-state index is -0.427. The molecule has 0 aliphatic heterocycles. The van der Waals surface area contributed by atoms with Gasteiger partial charge in [-0.3, -0.25) is 14.9 Å². The number of ketones is 1. The first kappa shape index (κ1) is 15.7. The number of rotatable bonds is 8. The predicted molar refractivity (Wildman–Crippen MR) is 74.7 cm³/mol. The van der Waals surface area contributed by atoms with E-state index in [1.807, 2.05) is 0 Å². The lowest BCUT2D eigenvalue weighted by Gasteiger charge is -2.07. The maximum atomic E-state index is 11.5. The molecule has 0 spiro atoms. The van der Waals surface area contributed by atoms with Gasteiger partial charge in [-0.1, -0.05) is 0 Å². The topological polar surface area (TPSA) is 78.7 Å². The zero-order valence-electron chi connectivity index (χ0n) is 11.5. The zero-order valence-corrected chi connectivity index (χ0v) is 11.5. The Kier molecular flexibility index (Phi) is 6.22. The number of hydrogen-bond acceptors (Lipinski definition) is 5. The van der Waals surface area contributed by atoms with E-state index in [1.54, 1.807) is 31.4 Å². The summed E-state index contributed by atoms with van der Waals surface area (Å²) >= 11 is 0. The van der Waals surface area contributed by atoms with Crippen LogP contribution in [0.4, 0.5) is 0 Å². The van der Waals surface area contributed by atoms with Crippen LogP contribution in [0.1, 0.15) is 18.4 Å². The number of methoxy groups -OCH3 is 2. The number of nitrogens with zero attached hydrogens (tertiary/aromatic N) is 1. The largest absolute Gasteiger partial charge is 0.497 e. The summed E-state index contributed by atoms with van der Waals surface area (Å²) in [4.78, 5) is 21.3. The minimum absolute atomic E-state index is 0.148. The summed E-state index contributed by atoms with van der Waals surface area (Å²) in [5, 5.41) is 10.2. The van der Waals surface area contributed by atoms with Gasteiger partial charge in [0.15, 0.2) is 5.78 Å². The van der Waals surface area contributed by atoms with Crippen molar-refractivity contribution in [1.82, 2.24) is 0 Å². The fraction of sp³-hybridized carbons (Fsp3) is 0.357. The van der Waals surface area contributed by atoms with Crippen molar-refractivity contribution in [2.24, 2.45) is 0 Å². The molecule has 108 valence electrons. The van der Waals surface area contributed by atoms with Crippen molar-refractivity contribution >= 4 is 11.9 Å². The maximum Gasteiger partial charge on any atom is 0.204 e. The molecule has 0 bridgehead atoms. The molecular weight excluding hydrogens is 262 g/mol. The number of benzene rings is 1. The van der Waals surface area contributed by atoms with E-state index in [1.165, 1.54) is 13.2 Å². The molecule has 0 heterocycles. The molecule has 0 radical (unpaired) electrons. The van der Waals surface area contributed by atoms with Crippen LogP contribution in [0.2, 0.25) is 0 Å². The van der Waals surface area contributed by atoms with E-state index in [2.05, 4.69) is 0 Å². The summed E-state index contributed by atoms with van der Waals surface area (Å²) in [7, 11) is 3.09. The minimum Gasteiger partial charge on any atom is -0.497 e. The van der Waals surface area contributed by atoms with Crippen molar-refractivity contribution in [2.75, 3.05) is 20.8 Å². The van der Waals surface area contributed by atoms with Gasteiger partial charge in [0.25, 0.3) is 0 Å². The first-order valence-corrected chi connectivity index (χ1v) is 6.11. The standard InChI is InChI=1S/C14H17NO5/c1-19-13-8-6-11(14(10-13)20-2)5-7-12(16)4-3-9-15(17)18/h5-8,10H,3-4,9H2,1-2H3/b7-5+. The molecule has 1 aromatic carbocycles. The molecular formula is C14H17NO5. The Morgan fingerprint density at radius 3 is 2.70 bits per heavy atom. The summed E-state index contributed by atoms with van der Waals surface area (Å²) in [5.74, 6) is 1.11. The Bertz CT molecular complexity index is 510. The lowest BCUT2D eigenvalue weighted by Crippen LogP contribution is -2.03. The molecule has 20 heavy (non-hydrogen) atoms. The second-order valence-electron chi connectivity index (χ2n) is 4.07. The van der Waals surface area contributed by atoms with Crippen LogP contribution in [0.25, 0.3) is 6.08 Å². The van der Waals surface area contributed by atoms with Crippen LogP contribution in [-0.4, -0.2) is 31.5 Å². The van der Waals surface area contributed by atoms with Gasteiger partial charge >= 0.3 is 0 Å². The van der Waals surface area contributed by atoms with Gasteiger partial charge in [0.1, 0.15) is 11.5 Å². The molecule has 6 heteroatoms. The number of carbonyl (C=O) groups is 1. The van der Waals surface area contributed by atoms with Crippen molar-refractivity contribution in [3.8, 4) is 11.5 Å². The molecule has 0 aromatic heterocycles. The van der Waals surface area contributed by atoms with Crippen LogP contribution in [0.5, 0.6) is 11.5 Å². The Hall–Kier alpha value is -2.37. The zero-order chi connectivity index (χ0) is 15.0. The van der Waals surface area contributed by atoms with E-state index >= 15 is 0 Å². The normalized spacial score (nSPS) is 10.5. The molecule has 1 aromatic rings. The average molecular weight is 279 g/mol. The highest BCUT2D eigenvalue weighted by molar-refractivity contribution is 5.93. The van der Waals surface area contributed by atoms with E-state index in [0.717, 1.165) is 5.56 Å². The quantitative estimate of drug-likeness (QED) is 0.414. The molecule has 6 nitrogen and oxygen atoms in total. The summed E-state index contributed by atoms with van der Waals surface area (Å²) < 4.78 is 10.3. The van der Waals surface area contributed by atoms with Gasteiger partial charge in [0, 0.05) is 29.4 Å². The van der Waals surface area contributed by atoms with Crippen LogP contribution in [0.15, 0.2) is 24.3 Å². The summed E-state index contributed by atoms with van der Waals surface area (Å²) in [6.07, 6.45) is 3.45. The monoisotopic (exact) mass is 279 g/mol. The molecule has 0 saturated carbocycles. The second-order valence-corrected chi connectivity index (χ2v) is 4.07. The number of hydrogen-bond donors (Lipinski definition) is 0. The molecule has 0 fully saturated rings. The van der Waals surface area contributed by atoms with E-state index in [9.17, 15) is 14.9 Å². The maximum absolute atomic E-state index is 11.5. The smallest absolute Gasteiger partial charge is 0.204 e. The molecule has 0 N–H and O–H groups in total. The molecule has 0 amide bonds. The van der Waals surface area contributed by atoms with Gasteiger partial charge in [-0.2, -0.15) is 0 Å². The van der Waals surface area contributed by atoms with Crippen molar-refractivity contribution in [1.29, 1.82) is 0 Å². The molecule has 0 unspecified atom stereocenters. The molecule has 1 rings (SSSR count). The number of carbonyl (C=O) groups excluding carboxylic acids is 1. The van der Waals surface area contributed by atoms with E-state index in [0.29, 0.717) is 11.5 Å². The van der Waals surface area contributed by atoms with Gasteiger partial charge in [-0.05, 0) is 24.3 Å². The fourth-order valence-corrected chi connectivity index (χ4v) is 1.60. The first-order chi connectivity index (χ1) is 9.56. The molecule has 0 saturated heterocycles. The average Bonchev–Trinajstić information content (AvgIpc) is 2.44. The lowest BCUT2D eigenvalue weighted by atomic mass is 10.1. The molecule has 0 atom stereocenters. The van der Waals surface area contributed by atoms with E-state index < -0.39 is 4.92 Å². The highest BCUT2D eigenvalue weighted by atomic mass is 16.6. The fourth-order valence-electron chi connectivity index (χ4n) is 1.60.